The van der Waals surface area contributed by atoms with Crippen LogP contribution in [0.15, 0.2) is 0 Å². The summed E-state index contributed by atoms with van der Waals surface area (Å²) in [7, 11) is 0. The van der Waals surface area contributed by atoms with Gasteiger partial charge in [0.2, 0.25) is 0 Å². The zero-order valence-electron chi connectivity index (χ0n) is 9.92. The van der Waals surface area contributed by atoms with E-state index in [2.05, 4.69) is 0 Å². The average Bonchev–Trinajstić information content (AvgIpc) is 1.99. The molecule has 14 heavy (non-hydrogen) atoms. The van der Waals surface area contributed by atoms with Gasteiger partial charge in [-0.05, 0) is 47.0 Å². The van der Waals surface area contributed by atoms with Crippen molar-refractivity contribution in [2.24, 2.45) is 0 Å². The summed E-state index contributed by atoms with van der Waals surface area (Å²) >= 11 is 0. The SMILES string of the molecule is CCC1(O)CC(C)(C)N([O])C(C)(C)C1. The molecule has 1 aliphatic heterocycles. The molecule has 0 aromatic heterocycles. The standard InChI is InChI=1S/C11H22NO2/c1-6-11(13)7-9(2,3)12(14)10(4,5)8-11/h13H,6-8H2,1-5H3. The third-order valence-electron chi connectivity index (χ3n) is 3.28. The summed E-state index contributed by atoms with van der Waals surface area (Å²) in [6.45, 7) is 9.60. The summed E-state index contributed by atoms with van der Waals surface area (Å²) in [5.41, 5.74) is -1.60. The zero-order chi connectivity index (χ0) is 11.2. The van der Waals surface area contributed by atoms with Crippen LogP contribution in [0.4, 0.5) is 0 Å². The number of hydrogen-bond acceptors (Lipinski definition) is 2. The highest BCUT2D eigenvalue weighted by Gasteiger charge is 2.51. The van der Waals surface area contributed by atoms with E-state index >= 15 is 0 Å². The maximum atomic E-state index is 12.0. The van der Waals surface area contributed by atoms with E-state index in [1.807, 2.05) is 34.6 Å². The highest BCUT2D eigenvalue weighted by atomic mass is 16.5. The van der Waals surface area contributed by atoms with Crippen LogP contribution in [0.2, 0.25) is 0 Å². The molecule has 0 spiro atoms. The van der Waals surface area contributed by atoms with Gasteiger partial charge in [0.05, 0.1) is 5.60 Å². The van der Waals surface area contributed by atoms with Crippen molar-refractivity contribution in [3.63, 3.8) is 0 Å². The first-order chi connectivity index (χ1) is 6.13. The molecule has 1 heterocycles. The number of piperidine rings is 1. The molecule has 0 unspecified atom stereocenters. The normalized spacial score (nSPS) is 30.2. The highest BCUT2D eigenvalue weighted by molar-refractivity contribution is 5.02. The van der Waals surface area contributed by atoms with Crippen LogP contribution in [0, 0.1) is 0 Å². The second-order valence-electron chi connectivity index (χ2n) is 5.85. The smallest absolute Gasteiger partial charge is 0.0681 e. The predicted molar refractivity (Wildman–Crippen MR) is 55.2 cm³/mol. The summed E-state index contributed by atoms with van der Waals surface area (Å²) in [4.78, 5) is 0. The molecule has 3 heteroatoms. The first-order valence-corrected chi connectivity index (χ1v) is 5.33. The molecule has 1 radical (unpaired) electrons. The third kappa shape index (κ3) is 1.95. The Morgan fingerprint density at radius 3 is 1.79 bits per heavy atom. The Bertz CT molecular complexity index is 200. The van der Waals surface area contributed by atoms with Crippen LogP contribution in [0.3, 0.4) is 0 Å². The van der Waals surface area contributed by atoms with Crippen molar-refractivity contribution < 1.29 is 10.3 Å². The predicted octanol–water partition coefficient (Wildman–Crippen LogP) is 2.13. The van der Waals surface area contributed by atoms with Gasteiger partial charge in [-0.15, -0.1) is 10.3 Å². The number of hydroxylamine groups is 2. The van der Waals surface area contributed by atoms with E-state index < -0.39 is 16.7 Å². The van der Waals surface area contributed by atoms with Crippen molar-refractivity contribution >= 4 is 0 Å². The van der Waals surface area contributed by atoms with Crippen LogP contribution in [-0.4, -0.2) is 26.8 Å². The van der Waals surface area contributed by atoms with Gasteiger partial charge in [0.1, 0.15) is 0 Å². The van der Waals surface area contributed by atoms with Gasteiger partial charge < -0.3 is 5.11 Å². The second kappa shape index (κ2) is 3.19. The van der Waals surface area contributed by atoms with E-state index in [-0.39, 0.29) is 0 Å². The first-order valence-electron chi connectivity index (χ1n) is 5.33. The fourth-order valence-corrected chi connectivity index (χ4v) is 2.89. The molecule has 3 nitrogen and oxygen atoms in total. The van der Waals surface area contributed by atoms with Crippen LogP contribution in [-0.2, 0) is 5.21 Å². The lowest BCUT2D eigenvalue weighted by molar-refractivity contribution is -0.312. The fraction of sp³-hybridized carbons (Fsp3) is 1.00. The molecule has 0 amide bonds. The van der Waals surface area contributed by atoms with Crippen molar-refractivity contribution in [3.05, 3.63) is 0 Å². The minimum Gasteiger partial charge on any atom is -0.390 e. The molecule has 0 aromatic rings. The third-order valence-corrected chi connectivity index (χ3v) is 3.28. The van der Waals surface area contributed by atoms with Gasteiger partial charge in [0, 0.05) is 11.1 Å². The van der Waals surface area contributed by atoms with Crippen molar-refractivity contribution in [1.82, 2.24) is 5.06 Å². The number of aliphatic hydroxyl groups is 1. The number of nitrogens with zero attached hydrogens (tertiary/aromatic N) is 1. The van der Waals surface area contributed by atoms with Gasteiger partial charge in [0.25, 0.3) is 0 Å². The lowest BCUT2D eigenvalue weighted by atomic mass is 9.71. The Hall–Kier alpha value is -0.120. The molecule has 0 saturated carbocycles. The Morgan fingerprint density at radius 1 is 1.14 bits per heavy atom. The molecular formula is C11H22NO2. The quantitative estimate of drug-likeness (QED) is 0.704. The van der Waals surface area contributed by atoms with Gasteiger partial charge in [-0.25, -0.2) is 0 Å². The van der Waals surface area contributed by atoms with Crippen LogP contribution in [0.5, 0.6) is 0 Å². The molecule has 1 saturated heterocycles. The average molecular weight is 200 g/mol. The van der Waals surface area contributed by atoms with Crippen molar-refractivity contribution in [2.45, 2.75) is 70.6 Å². The van der Waals surface area contributed by atoms with E-state index in [0.717, 1.165) is 5.06 Å². The molecule has 1 aliphatic rings. The molecule has 0 atom stereocenters. The summed E-state index contributed by atoms with van der Waals surface area (Å²) in [6.07, 6.45) is 1.83. The van der Waals surface area contributed by atoms with Gasteiger partial charge in [0.15, 0.2) is 0 Å². The van der Waals surface area contributed by atoms with Gasteiger partial charge >= 0.3 is 0 Å². The summed E-state index contributed by atoms with van der Waals surface area (Å²) in [6, 6.07) is 0. The lowest BCUT2D eigenvalue weighted by Gasteiger charge is -2.53. The van der Waals surface area contributed by atoms with E-state index in [1.165, 1.54) is 0 Å². The summed E-state index contributed by atoms with van der Waals surface area (Å²) in [5.74, 6) is 0. The van der Waals surface area contributed by atoms with Crippen LogP contribution >= 0.6 is 0 Å². The van der Waals surface area contributed by atoms with E-state index in [9.17, 15) is 10.3 Å². The Labute approximate surface area is 86.7 Å². The molecule has 1 N–H and O–H groups in total. The van der Waals surface area contributed by atoms with Crippen molar-refractivity contribution in [3.8, 4) is 0 Å². The Balaban J connectivity index is 2.97. The highest BCUT2D eigenvalue weighted by Crippen LogP contribution is 2.43. The molecule has 1 rings (SSSR count). The molecule has 83 valence electrons. The van der Waals surface area contributed by atoms with Crippen LogP contribution in [0.25, 0.3) is 0 Å². The largest absolute Gasteiger partial charge is 0.390 e. The molecule has 0 aromatic carbocycles. The first kappa shape index (κ1) is 12.0. The van der Waals surface area contributed by atoms with Gasteiger partial charge in [-0.1, -0.05) is 6.92 Å². The number of hydrogen-bond donors (Lipinski definition) is 1. The van der Waals surface area contributed by atoms with E-state index in [4.69, 9.17) is 0 Å². The van der Waals surface area contributed by atoms with Crippen molar-refractivity contribution in [2.75, 3.05) is 0 Å². The fourth-order valence-electron chi connectivity index (χ4n) is 2.89. The lowest BCUT2D eigenvalue weighted by Crippen LogP contribution is -2.63. The second-order valence-corrected chi connectivity index (χ2v) is 5.85. The molecular weight excluding hydrogens is 178 g/mol. The molecule has 0 aliphatic carbocycles. The monoisotopic (exact) mass is 200 g/mol. The van der Waals surface area contributed by atoms with Crippen LogP contribution < -0.4 is 0 Å². The molecule has 1 fully saturated rings. The van der Waals surface area contributed by atoms with Gasteiger partial charge in [-0.3, -0.25) is 0 Å². The summed E-state index contributed by atoms with van der Waals surface area (Å²) in [5, 5.41) is 23.4. The minimum atomic E-state index is -0.673. The summed E-state index contributed by atoms with van der Waals surface area (Å²) < 4.78 is 0. The zero-order valence-corrected chi connectivity index (χ0v) is 9.92. The van der Waals surface area contributed by atoms with Crippen molar-refractivity contribution in [1.29, 1.82) is 0 Å². The minimum absolute atomic E-state index is 0.466. The molecule has 0 bridgehead atoms. The Morgan fingerprint density at radius 2 is 1.50 bits per heavy atom. The van der Waals surface area contributed by atoms with E-state index in [0.29, 0.717) is 19.3 Å². The maximum absolute atomic E-state index is 12.0. The van der Waals surface area contributed by atoms with E-state index in [1.54, 1.807) is 0 Å². The Kier molecular flexibility index (Phi) is 2.72. The maximum Gasteiger partial charge on any atom is 0.0681 e. The topological polar surface area (TPSA) is 43.4 Å². The number of rotatable bonds is 1. The van der Waals surface area contributed by atoms with Gasteiger partial charge in [-0.2, -0.15) is 0 Å². The van der Waals surface area contributed by atoms with Crippen LogP contribution in [0.1, 0.15) is 53.9 Å².